The molecule has 2 aromatic carbocycles. The lowest BCUT2D eigenvalue weighted by Gasteiger charge is -2.09. The number of carbonyl (C=O) groups excluding carboxylic acids is 2. The van der Waals surface area contributed by atoms with Gasteiger partial charge in [0, 0.05) is 37.3 Å². The van der Waals surface area contributed by atoms with Crippen LogP contribution in [0.4, 0.5) is 17.1 Å². The van der Waals surface area contributed by atoms with Crippen molar-refractivity contribution in [3.05, 3.63) is 54.6 Å². The van der Waals surface area contributed by atoms with Crippen LogP contribution in [-0.4, -0.2) is 32.1 Å². The molecule has 0 heterocycles. The molecule has 0 saturated carbocycles. The van der Waals surface area contributed by atoms with E-state index in [9.17, 15) is 9.59 Å². The Bertz CT molecular complexity index is 657. The van der Waals surface area contributed by atoms with Gasteiger partial charge in [0.05, 0.1) is 0 Å². The molecule has 0 radical (unpaired) electrons. The van der Waals surface area contributed by atoms with Crippen molar-refractivity contribution in [1.82, 2.24) is 5.32 Å². The minimum absolute atomic E-state index is 0.403. The highest BCUT2D eigenvalue weighted by molar-refractivity contribution is 6.39. The molecule has 2 aromatic rings. The normalized spacial score (nSPS) is 10.0. The molecular formula is C18H21N3O3. The van der Waals surface area contributed by atoms with Crippen molar-refractivity contribution in [2.24, 2.45) is 0 Å². The number of ether oxygens (including phenoxy) is 1. The average Bonchev–Trinajstić information content (AvgIpc) is 2.61. The molecule has 0 unspecified atom stereocenters. The van der Waals surface area contributed by atoms with Crippen molar-refractivity contribution in [2.45, 2.75) is 6.42 Å². The number of amides is 2. The third kappa shape index (κ3) is 5.73. The summed E-state index contributed by atoms with van der Waals surface area (Å²) in [6.07, 6.45) is 0.662. The highest BCUT2D eigenvalue weighted by atomic mass is 16.5. The van der Waals surface area contributed by atoms with Gasteiger partial charge >= 0.3 is 11.8 Å². The van der Waals surface area contributed by atoms with Gasteiger partial charge in [0.25, 0.3) is 0 Å². The summed E-state index contributed by atoms with van der Waals surface area (Å²) in [5.74, 6) is -1.34. The van der Waals surface area contributed by atoms with E-state index in [1.807, 2.05) is 42.5 Å². The lowest BCUT2D eigenvalue weighted by atomic mass is 10.2. The minimum atomic E-state index is -0.684. The first-order valence-corrected chi connectivity index (χ1v) is 7.69. The predicted molar refractivity (Wildman–Crippen MR) is 94.3 cm³/mol. The lowest BCUT2D eigenvalue weighted by molar-refractivity contribution is -0.136. The molecule has 0 aliphatic heterocycles. The van der Waals surface area contributed by atoms with Crippen molar-refractivity contribution in [3.8, 4) is 0 Å². The first-order chi connectivity index (χ1) is 11.7. The maximum Gasteiger partial charge on any atom is 0.313 e. The highest BCUT2D eigenvalue weighted by Gasteiger charge is 2.12. The van der Waals surface area contributed by atoms with Crippen LogP contribution < -0.4 is 16.0 Å². The molecule has 0 fully saturated rings. The van der Waals surface area contributed by atoms with E-state index in [2.05, 4.69) is 16.0 Å². The molecule has 0 bridgehead atoms. The summed E-state index contributed by atoms with van der Waals surface area (Å²) >= 11 is 0. The monoisotopic (exact) mass is 327 g/mol. The second-order valence-electron chi connectivity index (χ2n) is 5.12. The van der Waals surface area contributed by atoms with E-state index in [1.165, 1.54) is 0 Å². The standard InChI is InChI=1S/C18H21N3O3/c1-24-13-5-12-19-17(22)18(23)21-16-10-8-15(9-11-16)20-14-6-3-2-4-7-14/h2-4,6-11,20H,5,12-13H2,1H3,(H,19,22)(H,21,23). The average molecular weight is 327 g/mol. The maximum absolute atomic E-state index is 11.8. The Hall–Kier alpha value is -2.86. The first kappa shape index (κ1) is 17.5. The fourth-order valence-electron chi connectivity index (χ4n) is 2.01. The van der Waals surface area contributed by atoms with E-state index in [-0.39, 0.29) is 0 Å². The number of rotatable bonds is 7. The number of anilines is 3. The van der Waals surface area contributed by atoms with Gasteiger partial charge in [-0.2, -0.15) is 0 Å². The molecule has 0 aromatic heterocycles. The molecule has 0 atom stereocenters. The number of para-hydroxylation sites is 1. The second kappa shape index (κ2) is 9.32. The Morgan fingerprint density at radius 2 is 1.50 bits per heavy atom. The van der Waals surface area contributed by atoms with E-state index in [0.717, 1.165) is 11.4 Å². The third-order valence-electron chi connectivity index (χ3n) is 3.22. The lowest BCUT2D eigenvalue weighted by Crippen LogP contribution is -2.36. The summed E-state index contributed by atoms with van der Waals surface area (Å²) in [6.45, 7) is 0.942. The Morgan fingerprint density at radius 1 is 0.875 bits per heavy atom. The molecular weight excluding hydrogens is 306 g/mol. The Balaban J connectivity index is 1.82. The summed E-state index contributed by atoms with van der Waals surface area (Å²) in [5, 5.41) is 8.35. The number of carbonyl (C=O) groups is 2. The molecule has 0 aliphatic rings. The van der Waals surface area contributed by atoms with E-state index in [4.69, 9.17) is 4.74 Å². The zero-order valence-electron chi connectivity index (χ0n) is 13.5. The van der Waals surface area contributed by atoms with Crippen LogP contribution in [0.1, 0.15) is 6.42 Å². The molecule has 3 N–H and O–H groups in total. The smallest absolute Gasteiger partial charge is 0.313 e. The van der Waals surface area contributed by atoms with E-state index >= 15 is 0 Å². The Morgan fingerprint density at radius 3 is 2.17 bits per heavy atom. The van der Waals surface area contributed by atoms with Gasteiger partial charge in [-0.1, -0.05) is 18.2 Å². The summed E-state index contributed by atoms with van der Waals surface area (Å²) < 4.78 is 4.88. The van der Waals surface area contributed by atoms with Gasteiger partial charge in [-0.3, -0.25) is 9.59 Å². The fourth-order valence-corrected chi connectivity index (χ4v) is 2.01. The minimum Gasteiger partial charge on any atom is -0.385 e. The number of methoxy groups -OCH3 is 1. The first-order valence-electron chi connectivity index (χ1n) is 7.69. The summed E-state index contributed by atoms with van der Waals surface area (Å²) in [5.41, 5.74) is 2.43. The van der Waals surface area contributed by atoms with Gasteiger partial charge in [0.15, 0.2) is 0 Å². The number of benzene rings is 2. The summed E-state index contributed by atoms with van der Waals surface area (Å²) in [4.78, 5) is 23.4. The highest BCUT2D eigenvalue weighted by Crippen LogP contribution is 2.18. The van der Waals surface area contributed by atoms with Crippen LogP contribution in [0, 0.1) is 0 Å². The molecule has 6 heteroatoms. The van der Waals surface area contributed by atoms with E-state index in [1.54, 1.807) is 19.2 Å². The molecule has 0 aliphatic carbocycles. The zero-order valence-corrected chi connectivity index (χ0v) is 13.5. The third-order valence-corrected chi connectivity index (χ3v) is 3.22. The van der Waals surface area contributed by atoms with Crippen LogP contribution in [0.5, 0.6) is 0 Å². The zero-order chi connectivity index (χ0) is 17.2. The van der Waals surface area contributed by atoms with Crippen LogP contribution in [0.25, 0.3) is 0 Å². The van der Waals surface area contributed by atoms with Gasteiger partial charge < -0.3 is 20.7 Å². The van der Waals surface area contributed by atoms with Gasteiger partial charge in [-0.05, 0) is 42.8 Å². The van der Waals surface area contributed by atoms with E-state index < -0.39 is 11.8 Å². The van der Waals surface area contributed by atoms with Gasteiger partial charge in [-0.25, -0.2) is 0 Å². The molecule has 2 rings (SSSR count). The fraction of sp³-hybridized carbons (Fsp3) is 0.222. The summed E-state index contributed by atoms with van der Waals surface area (Å²) in [7, 11) is 1.59. The van der Waals surface area contributed by atoms with Crippen molar-refractivity contribution in [1.29, 1.82) is 0 Å². The largest absolute Gasteiger partial charge is 0.385 e. The van der Waals surface area contributed by atoms with Gasteiger partial charge in [-0.15, -0.1) is 0 Å². The van der Waals surface area contributed by atoms with Crippen LogP contribution in [0.15, 0.2) is 54.6 Å². The van der Waals surface area contributed by atoms with Crippen LogP contribution in [0.3, 0.4) is 0 Å². The van der Waals surface area contributed by atoms with Crippen molar-refractivity contribution in [3.63, 3.8) is 0 Å². The SMILES string of the molecule is COCCCNC(=O)C(=O)Nc1ccc(Nc2ccccc2)cc1. The number of hydrogen-bond donors (Lipinski definition) is 3. The Labute approximate surface area is 141 Å². The molecule has 6 nitrogen and oxygen atoms in total. The molecule has 126 valence electrons. The van der Waals surface area contributed by atoms with Crippen LogP contribution in [0.2, 0.25) is 0 Å². The molecule has 24 heavy (non-hydrogen) atoms. The Kier molecular flexibility index (Phi) is 6.79. The number of nitrogens with one attached hydrogen (secondary N) is 3. The quantitative estimate of drug-likeness (QED) is 0.539. The van der Waals surface area contributed by atoms with Crippen molar-refractivity contribution >= 4 is 28.9 Å². The van der Waals surface area contributed by atoms with Crippen LogP contribution in [-0.2, 0) is 14.3 Å². The predicted octanol–water partition coefficient (Wildman–Crippen LogP) is 2.52. The van der Waals surface area contributed by atoms with Crippen molar-refractivity contribution < 1.29 is 14.3 Å². The maximum atomic E-state index is 11.8. The second-order valence-corrected chi connectivity index (χ2v) is 5.12. The number of hydrogen-bond acceptors (Lipinski definition) is 4. The van der Waals surface area contributed by atoms with E-state index in [0.29, 0.717) is 25.3 Å². The van der Waals surface area contributed by atoms with Gasteiger partial charge in [0.2, 0.25) is 0 Å². The summed E-state index contributed by atoms with van der Waals surface area (Å²) in [6, 6.07) is 16.9. The van der Waals surface area contributed by atoms with Gasteiger partial charge in [0.1, 0.15) is 0 Å². The molecule has 0 spiro atoms. The van der Waals surface area contributed by atoms with Crippen molar-refractivity contribution in [2.75, 3.05) is 30.9 Å². The molecule has 2 amide bonds. The van der Waals surface area contributed by atoms with Crippen LogP contribution >= 0.6 is 0 Å². The molecule has 0 saturated heterocycles. The topological polar surface area (TPSA) is 79.5 Å².